The van der Waals surface area contributed by atoms with Gasteiger partial charge in [0.05, 0.1) is 22.0 Å². The van der Waals surface area contributed by atoms with Crippen LogP contribution in [0.25, 0.3) is 5.69 Å². The standard InChI is InChI=1S/C21H18ClF4N3O/c1-20(2,3)17-11-18(29(28-17)16-7-5-4-6-14(16)22)27-19(30)12-8-9-15(23)13(10-12)21(24,25)26/h4-11H,1-3H3,(H,27,30). The van der Waals surface area contributed by atoms with Crippen molar-refractivity contribution in [3.8, 4) is 5.69 Å². The van der Waals surface area contributed by atoms with Gasteiger partial charge in [-0.1, -0.05) is 44.5 Å². The second-order valence-corrected chi connectivity index (χ2v) is 8.08. The van der Waals surface area contributed by atoms with Crippen molar-refractivity contribution in [1.29, 1.82) is 0 Å². The van der Waals surface area contributed by atoms with Crippen LogP contribution in [0.1, 0.15) is 42.4 Å². The molecule has 0 aliphatic heterocycles. The van der Waals surface area contributed by atoms with Gasteiger partial charge in [-0.3, -0.25) is 4.79 Å². The smallest absolute Gasteiger partial charge is 0.306 e. The van der Waals surface area contributed by atoms with Gasteiger partial charge in [-0.15, -0.1) is 0 Å². The fraction of sp³-hybridized carbons (Fsp3) is 0.238. The minimum absolute atomic E-state index is 0.218. The monoisotopic (exact) mass is 439 g/mol. The summed E-state index contributed by atoms with van der Waals surface area (Å²) in [6, 6.07) is 10.5. The van der Waals surface area contributed by atoms with Crippen molar-refractivity contribution >= 4 is 23.3 Å². The van der Waals surface area contributed by atoms with Crippen LogP contribution in [0.5, 0.6) is 0 Å². The van der Waals surface area contributed by atoms with Crippen molar-refractivity contribution in [2.75, 3.05) is 5.32 Å². The second-order valence-electron chi connectivity index (χ2n) is 7.67. The van der Waals surface area contributed by atoms with Crippen LogP contribution >= 0.6 is 11.6 Å². The van der Waals surface area contributed by atoms with Crippen molar-refractivity contribution in [1.82, 2.24) is 9.78 Å². The van der Waals surface area contributed by atoms with Crippen LogP contribution in [0.3, 0.4) is 0 Å². The number of hydrogen-bond donors (Lipinski definition) is 1. The first-order chi connectivity index (χ1) is 13.9. The molecular weight excluding hydrogens is 422 g/mol. The zero-order valence-electron chi connectivity index (χ0n) is 16.3. The first kappa shape index (κ1) is 21.8. The van der Waals surface area contributed by atoms with E-state index in [2.05, 4.69) is 10.4 Å². The van der Waals surface area contributed by atoms with E-state index in [1.54, 1.807) is 30.3 Å². The highest BCUT2D eigenvalue weighted by molar-refractivity contribution is 6.32. The second kappa shape index (κ2) is 7.75. The van der Waals surface area contributed by atoms with E-state index in [0.29, 0.717) is 28.5 Å². The molecule has 9 heteroatoms. The number of carbonyl (C=O) groups is 1. The van der Waals surface area contributed by atoms with Gasteiger partial charge in [-0.2, -0.15) is 18.3 Å². The maximum absolute atomic E-state index is 13.5. The summed E-state index contributed by atoms with van der Waals surface area (Å²) in [5.41, 5.74) is -1.10. The van der Waals surface area contributed by atoms with E-state index in [-0.39, 0.29) is 16.8 Å². The van der Waals surface area contributed by atoms with Crippen molar-refractivity contribution in [3.05, 3.63) is 76.2 Å². The van der Waals surface area contributed by atoms with Gasteiger partial charge in [0.15, 0.2) is 0 Å². The van der Waals surface area contributed by atoms with E-state index in [1.165, 1.54) is 4.68 Å². The molecule has 0 radical (unpaired) electrons. The molecule has 0 aliphatic rings. The minimum atomic E-state index is -4.92. The Hall–Kier alpha value is -2.87. The number of benzene rings is 2. The number of aromatic nitrogens is 2. The Morgan fingerprint density at radius 2 is 1.73 bits per heavy atom. The fourth-order valence-electron chi connectivity index (χ4n) is 2.72. The highest BCUT2D eigenvalue weighted by Gasteiger charge is 2.34. The number of nitrogens with zero attached hydrogens (tertiary/aromatic N) is 2. The molecule has 0 atom stereocenters. The Morgan fingerprint density at radius 3 is 2.33 bits per heavy atom. The summed E-state index contributed by atoms with van der Waals surface area (Å²) in [4.78, 5) is 12.7. The van der Waals surface area contributed by atoms with Crippen molar-refractivity contribution < 1.29 is 22.4 Å². The molecule has 4 nitrogen and oxygen atoms in total. The number of amides is 1. The van der Waals surface area contributed by atoms with Crippen LogP contribution in [0.2, 0.25) is 5.02 Å². The first-order valence-corrected chi connectivity index (χ1v) is 9.29. The van der Waals surface area contributed by atoms with E-state index in [0.717, 1.165) is 6.07 Å². The number of rotatable bonds is 3. The summed E-state index contributed by atoms with van der Waals surface area (Å²) in [7, 11) is 0. The average Bonchev–Trinajstić information content (AvgIpc) is 3.05. The molecule has 0 unspecified atom stereocenters. The number of anilines is 1. The molecule has 0 saturated heterocycles. The summed E-state index contributed by atoms with van der Waals surface area (Å²) in [6.07, 6.45) is -4.92. The number of halogens is 5. The topological polar surface area (TPSA) is 46.9 Å². The molecular formula is C21H18ClF4N3O. The largest absolute Gasteiger partial charge is 0.419 e. The molecule has 0 spiro atoms. The fourth-order valence-corrected chi connectivity index (χ4v) is 2.93. The van der Waals surface area contributed by atoms with Gasteiger partial charge in [0.25, 0.3) is 5.91 Å². The lowest BCUT2D eigenvalue weighted by Gasteiger charge is -2.14. The third kappa shape index (κ3) is 4.48. The molecule has 0 aliphatic carbocycles. The molecule has 0 fully saturated rings. The third-order valence-corrected chi connectivity index (χ3v) is 4.65. The molecule has 2 aromatic carbocycles. The lowest BCUT2D eigenvalue weighted by Crippen LogP contribution is -2.17. The van der Waals surface area contributed by atoms with Crippen LogP contribution in [-0.4, -0.2) is 15.7 Å². The van der Waals surface area contributed by atoms with Gasteiger partial charge in [0.1, 0.15) is 11.6 Å². The summed E-state index contributed by atoms with van der Waals surface area (Å²) >= 11 is 6.26. The number of para-hydroxylation sites is 1. The summed E-state index contributed by atoms with van der Waals surface area (Å²) in [5.74, 6) is -2.07. The third-order valence-electron chi connectivity index (χ3n) is 4.33. The number of nitrogens with one attached hydrogen (secondary N) is 1. The zero-order chi connectivity index (χ0) is 22.3. The number of alkyl halides is 3. The predicted octanol–water partition coefficient (Wildman–Crippen LogP) is 6.23. The SMILES string of the molecule is CC(C)(C)c1cc(NC(=O)c2ccc(F)c(C(F)(F)F)c2)n(-c2ccccc2Cl)n1. The Balaban J connectivity index is 2.03. The molecule has 1 aromatic heterocycles. The highest BCUT2D eigenvalue weighted by atomic mass is 35.5. The lowest BCUT2D eigenvalue weighted by atomic mass is 9.92. The molecule has 0 bridgehead atoms. The van der Waals surface area contributed by atoms with Crippen LogP contribution in [0.4, 0.5) is 23.4 Å². The average molecular weight is 440 g/mol. The summed E-state index contributed by atoms with van der Waals surface area (Å²) in [5, 5.41) is 7.44. The maximum Gasteiger partial charge on any atom is 0.419 e. The number of carbonyl (C=O) groups excluding carboxylic acids is 1. The summed E-state index contributed by atoms with van der Waals surface area (Å²) in [6.45, 7) is 5.77. The Kier molecular flexibility index (Phi) is 5.64. The van der Waals surface area contributed by atoms with Crippen molar-refractivity contribution in [3.63, 3.8) is 0 Å². The van der Waals surface area contributed by atoms with Gasteiger partial charge >= 0.3 is 6.18 Å². The van der Waals surface area contributed by atoms with E-state index in [4.69, 9.17) is 11.6 Å². The van der Waals surface area contributed by atoms with Gasteiger partial charge in [0.2, 0.25) is 0 Å². The van der Waals surface area contributed by atoms with Crippen molar-refractivity contribution in [2.24, 2.45) is 0 Å². The van der Waals surface area contributed by atoms with Crippen LogP contribution in [0.15, 0.2) is 48.5 Å². The lowest BCUT2D eigenvalue weighted by molar-refractivity contribution is -0.140. The molecule has 30 heavy (non-hydrogen) atoms. The Bertz CT molecular complexity index is 1100. The zero-order valence-corrected chi connectivity index (χ0v) is 17.1. The van der Waals surface area contributed by atoms with Crippen LogP contribution < -0.4 is 5.32 Å². The molecule has 3 rings (SSSR count). The molecule has 1 N–H and O–H groups in total. The van der Waals surface area contributed by atoms with Gasteiger partial charge < -0.3 is 5.32 Å². The maximum atomic E-state index is 13.5. The van der Waals surface area contributed by atoms with Gasteiger partial charge in [-0.05, 0) is 30.3 Å². The normalized spacial score (nSPS) is 12.1. The Morgan fingerprint density at radius 1 is 1.07 bits per heavy atom. The Labute approximate surface area is 175 Å². The number of hydrogen-bond acceptors (Lipinski definition) is 2. The summed E-state index contributed by atoms with van der Waals surface area (Å²) < 4.78 is 53.9. The van der Waals surface area contributed by atoms with E-state index in [1.807, 2.05) is 20.8 Å². The van der Waals surface area contributed by atoms with Crippen molar-refractivity contribution in [2.45, 2.75) is 32.4 Å². The molecule has 1 heterocycles. The van der Waals surface area contributed by atoms with E-state index in [9.17, 15) is 22.4 Å². The van der Waals surface area contributed by atoms with Gasteiger partial charge in [0, 0.05) is 17.0 Å². The quantitative estimate of drug-likeness (QED) is 0.491. The molecule has 1 amide bonds. The van der Waals surface area contributed by atoms with E-state index < -0.39 is 23.5 Å². The predicted molar refractivity (Wildman–Crippen MR) is 107 cm³/mol. The van der Waals surface area contributed by atoms with Gasteiger partial charge in [-0.25, -0.2) is 9.07 Å². The highest BCUT2D eigenvalue weighted by Crippen LogP contribution is 2.33. The first-order valence-electron chi connectivity index (χ1n) is 8.91. The van der Waals surface area contributed by atoms with E-state index >= 15 is 0 Å². The molecule has 0 saturated carbocycles. The molecule has 3 aromatic rings. The minimum Gasteiger partial charge on any atom is -0.306 e. The van der Waals surface area contributed by atoms with Crippen LogP contribution in [0, 0.1) is 5.82 Å². The van der Waals surface area contributed by atoms with Crippen LogP contribution in [-0.2, 0) is 11.6 Å². The molecule has 158 valence electrons.